The van der Waals surface area contributed by atoms with Gasteiger partial charge >= 0.3 is 0 Å². The second-order valence-electron chi connectivity index (χ2n) is 7.64. The fourth-order valence-corrected chi connectivity index (χ4v) is 4.48. The van der Waals surface area contributed by atoms with Crippen molar-refractivity contribution in [3.8, 4) is 22.0 Å². The number of hydrogen-bond donors (Lipinski definition) is 1. The SMILES string of the molecule is CCc1nnc(-c2cc(C(=O)C[C@@H](C)c3ncn[nH]3)cn3c(-c4ccc(C)s4)cnc23)o1. The summed E-state index contributed by atoms with van der Waals surface area (Å²) < 4.78 is 7.75. The van der Waals surface area contributed by atoms with Crippen molar-refractivity contribution in [1.29, 1.82) is 0 Å². The number of fused-ring (bicyclic) bond motifs is 1. The molecule has 0 bridgehead atoms. The molecule has 5 aromatic rings. The number of pyridine rings is 1. The number of hydrogen-bond acceptors (Lipinski definition) is 8. The lowest BCUT2D eigenvalue weighted by Gasteiger charge is -2.10. The minimum atomic E-state index is -0.0959. The van der Waals surface area contributed by atoms with E-state index < -0.39 is 0 Å². The molecule has 162 valence electrons. The maximum atomic E-state index is 13.3. The van der Waals surface area contributed by atoms with Crippen LogP contribution in [0.4, 0.5) is 0 Å². The molecule has 0 saturated heterocycles. The zero-order valence-corrected chi connectivity index (χ0v) is 18.7. The van der Waals surface area contributed by atoms with Crippen molar-refractivity contribution < 1.29 is 9.21 Å². The van der Waals surface area contributed by atoms with Crippen LogP contribution in [-0.2, 0) is 6.42 Å². The third-order valence-corrected chi connectivity index (χ3v) is 6.34. The van der Waals surface area contributed by atoms with Crippen LogP contribution in [-0.4, -0.2) is 40.5 Å². The molecule has 5 rings (SSSR count). The molecule has 5 aromatic heterocycles. The first-order valence-electron chi connectivity index (χ1n) is 10.3. The van der Waals surface area contributed by atoms with Gasteiger partial charge in [-0.1, -0.05) is 13.8 Å². The van der Waals surface area contributed by atoms with Crippen molar-refractivity contribution in [3.05, 3.63) is 59.1 Å². The number of Topliss-reactive ketones (excluding diaryl/α,β-unsaturated/α-hetero) is 1. The predicted molar refractivity (Wildman–Crippen MR) is 120 cm³/mol. The summed E-state index contributed by atoms with van der Waals surface area (Å²) in [5.41, 5.74) is 2.75. The van der Waals surface area contributed by atoms with E-state index in [9.17, 15) is 4.79 Å². The summed E-state index contributed by atoms with van der Waals surface area (Å²) in [7, 11) is 0. The molecule has 0 saturated carbocycles. The van der Waals surface area contributed by atoms with Crippen molar-refractivity contribution in [2.45, 2.75) is 39.5 Å². The monoisotopic (exact) mass is 447 g/mol. The van der Waals surface area contributed by atoms with E-state index in [4.69, 9.17) is 4.42 Å². The van der Waals surface area contributed by atoms with Crippen LogP contribution >= 0.6 is 11.3 Å². The van der Waals surface area contributed by atoms with Gasteiger partial charge in [0, 0.05) is 35.4 Å². The quantitative estimate of drug-likeness (QED) is 0.366. The Kier molecular flexibility index (Phi) is 5.14. The number of carbonyl (C=O) groups excluding carboxylic acids is 1. The zero-order valence-electron chi connectivity index (χ0n) is 17.9. The number of aryl methyl sites for hydroxylation is 2. The molecule has 5 heterocycles. The lowest BCUT2D eigenvalue weighted by atomic mass is 9.99. The lowest BCUT2D eigenvalue weighted by molar-refractivity contribution is 0.0974. The second-order valence-corrected chi connectivity index (χ2v) is 8.93. The maximum absolute atomic E-state index is 13.3. The van der Waals surface area contributed by atoms with Crippen molar-refractivity contribution in [3.63, 3.8) is 0 Å². The molecule has 0 aliphatic heterocycles. The van der Waals surface area contributed by atoms with Crippen LogP contribution in [0.25, 0.3) is 27.7 Å². The number of nitrogens with zero attached hydrogens (tertiary/aromatic N) is 6. The lowest BCUT2D eigenvalue weighted by Crippen LogP contribution is -2.08. The van der Waals surface area contributed by atoms with Gasteiger partial charge in [-0.05, 0) is 25.1 Å². The third kappa shape index (κ3) is 3.62. The number of imidazole rings is 1. The van der Waals surface area contributed by atoms with E-state index in [0.717, 1.165) is 10.6 Å². The minimum Gasteiger partial charge on any atom is -0.421 e. The second kappa shape index (κ2) is 8.12. The number of ketones is 1. The molecule has 0 spiro atoms. The number of nitrogens with one attached hydrogen (secondary N) is 1. The van der Waals surface area contributed by atoms with Crippen LogP contribution in [0.1, 0.15) is 53.1 Å². The number of rotatable bonds is 7. The average molecular weight is 448 g/mol. The molecule has 0 aliphatic carbocycles. The van der Waals surface area contributed by atoms with E-state index >= 15 is 0 Å². The molecule has 1 atom stereocenters. The highest BCUT2D eigenvalue weighted by molar-refractivity contribution is 7.15. The van der Waals surface area contributed by atoms with Gasteiger partial charge in [-0.15, -0.1) is 21.5 Å². The first kappa shape index (κ1) is 20.3. The van der Waals surface area contributed by atoms with E-state index in [1.807, 2.05) is 30.6 Å². The molecule has 9 nitrogen and oxygen atoms in total. The Morgan fingerprint density at radius 2 is 2.16 bits per heavy atom. The summed E-state index contributed by atoms with van der Waals surface area (Å²) in [5, 5.41) is 15.0. The Balaban J connectivity index is 1.62. The highest BCUT2D eigenvalue weighted by Gasteiger charge is 2.22. The number of H-pyrrole nitrogens is 1. The van der Waals surface area contributed by atoms with E-state index in [2.05, 4.69) is 49.4 Å². The van der Waals surface area contributed by atoms with Crippen LogP contribution in [0.15, 0.2) is 41.3 Å². The van der Waals surface area contributed by atoms with Crippen molar-refractivity contribution in [2.75, 3.05) is 0 Å². The van der Waals surface area contributed by atoms with E-state index in [0.29, 0.717) is 40.8 Å². The van der Waals surface area contributed by atoms with Gasteiger partial charge in [0.05, 0.1) is 22.3 Å². The third-order valence-electron chi connectivity index (χ3n) is 5.31. The van der Waals surface area contributed by atoms with Crippen LogP contribution in [0, 0.1) is 6.92 Å². The number of thiophene rings is 1. The van der Waals surface area contributed by atoms with Gasteiger partial charge in [-0.3, -0.25) is 14.3 Å². The largest absolute Gasteiger partial charge is 0.421 e. The molecule has 32 heavy (non-hydrogen) atoms. The molecule has 0 radical (unpaired) electrons. The first-order chi connectivity index (χ1) is 15.5. The van der Waals surface area contributed by atoms with Crippen molar-refractivity contribution in [1.82, 2.24) is 34.8 Å². The summed E-state index contributed by atoms with van der Waals surface area (Å²) in [5.74, 6) is 1.45. The minimum absolute atomic E-state index is 0.0192. The summed E-state index contributed by atoms with van der Waals surface area (Å²) >= 11 is 1.68. The molecule has 0 fully saturated rings. The molecular formula is C22H21N7O2S. The van der Waals surface area contributed by atoms with Crippen LogP contribution < -0.4 is 0 Å². The van der Waals surface area contributed by atoms with Gasteiger partial charge < -0.3 is 4.42 Å². The number of aromatic amines is 1. The predicted octanol–water partition coefficient (Wildman–Crippen LogP) is 4.48. The van der Waals surface area contributed by atoms with Gasteiger partial charge in [-0.2, -0.15) is 5.10 Å². The topological polar surface area (TPSA) is 115 Å². The highest BCUT2D eigenvalue weighted by atomic mass is 32.1. The van der Waals surface area contributed by atoms with E-state index in [-0.39, 0.29) is 18.1 Å². The molecular weight excluding hydrogens is 426 g/mol. The normalized spacial score (nSPS) is 12.5. The van der Waals surface area contributed by atoms with Crippen LogP contribution in [0.5, 0.6) is 0 Å². The standard InChI is InChI=1S/C22H21N7O2S/c1-4-19-26-28-22(31-19)15-8-14(17(30)7-12(2)20-24-11-25-27-20)10-29-16(9-23-21(15)29)18-6-5-13(3)32-18/h5-6,8-12H,4,7H2,1-3H3,(H,24,25,27)/t12-/m1/s1. The maximum Gasteiger partial charge on any atom is 0.251 e. The van der Waals surface area contributed by atoms with Gasteiger partial charge in [-0.25, -0.2) is 9.97 Å². The summed E-state index contributed by atoms with van der Waals surface area (Å²) in [4.78, 5) is 24.3. The summed E-state index contributed by atoms with van der Waals surface area (Å²) in [6.45, 7) is 5.96. The van der Waals surface area contributed by atoms with Crippen LogP contribution in [0.2, 0.25) is 0 Å². The van der Waals surface area contributed by atoms with Gasteiger partial charge in [0.1, 0.15) is 17.8 Å². The highest BCUT2D eigenvalue weighted by Crippen LogP contribution is 2.33. The molecule has 0 amide bonds. The fourth-order valence-electron chi connectivity index (χ4n) is 3.60. The van der Waals surface area contributed by atoms with Gasteiger partial charge in [0.15, 0.2) is 5.78 Å². The van der Waals surface area contributed by atoms with Gasteiger partial charge in [0.25, 0.3) is 5.89 Å². The molecule has 0 aromatic carbocycles. The first-order valence-corrected chi connectivity index (χ1v) is 11.1. The summed E-state index contributed by atoms with van der Waals surface area (Å²) in [6, 6.07) is 5.92. The average Bonchev–Trinajstić information content (AvgIpc) is 3.59. The Bertz CT molecular complexity index is 1400. The molecule has 10 heteroatoms. The Labute approximate surface area is 187 Å². The Morgan fingerprint density at radius 3 is 2.84 bits per heavy atom. The summed E-state index contributed by atoms with van der Waals surface area (Å²) in [6.07, 6.45) is 6.01. The Hall–Kier alpha value is -3.66. The molecule has 0 aliphatic rings. The Morgan fingerprint density at radius 1 is 1.28 bits per heavy atom. The molecule has 1 N–H and O–H groups in total. The van der Waals surface area contributed by atoms with Gasteiger partial charge in [0.2, 0.25) is 5.89 Å². The number of carbonyl (C=O) groups is 1. The van der Waals surface area contributed by atoms with Crippen molar-refractivity contribution >= 4 is 22.8 Å². The smallest absolute Gasteiger partial charge is 0.251 e. The van der Waals surface area contributed by atoms with E-state index in [1.165, 1.54) is 11.2 Å². The van der Waals surface area contributed by atoms with Crippen LogP contribution in [0.3, 0.4) is 0 Å². The van der Waals surface area contributed by atoms with Crippen molar-refractivity contribution in [2.24, 2.45) is 0 Å². The zero-order chi connectivity index (χ0) is 22.2. The molecule has 0 unspecified atom stereocenters. The fraction of sp³-hybridized carbons (Fsp3) is 0.273. The van der Waals surface area contributed by atoms with E-state index in [1.54, 1.807) is 17.4 Å². The number of aromatic nitrogens is 7.